The van der Waals surface area contributed by atoms with Crippen molar-refractivity contribution < 1.29 is 13.7 Å². The largest absolute Gasteiger partial charge is 0.451 e. The summed E-state index contributed by atoms with van der Waals surface area (Å²) >= 11 is 0. The highest BCUT2D eigenvalue weighted by Crippen LogP contribution is 2.28. The van der Waals surface area contributed by atoms with Crippen LogP contribution in [0.2, 0.25) is 0 Å². The summed E-state index contributed by atoms with van der Waals surface area (Å²) in [6.07, 6.45) is 0.827. The molecule has 1 atom stereocenters. The van der Waals surface area contributed by atoms with Crippen LogP contribution in [0.3, 0.4) is 0 Å². The number of rotatable bonds is 2. The van der Waals surface area contributed by atoms with E-state index in [-0.39, 0.29) is 11.8 Å². The third-order valence-corrected chi connectivity index (χ3v) is 4.00. The van der Waals surface area contributed by atoms with Crippen molar-refractivity contribution in [3.63, 3.8) is 0 Å². The lowest BCUT2D eigenvalue weighted by Crippen LogP contribution is -2.28. The second-order valence-corrected chi connectivity index (χ2v) is 5.57. The van der Waals surface area contributed by atoms with E-state index in [2.05, 4.69) is 10.1 Å². The molecule has 112 valence electrons. The lowest BCUT2D eigenvalue weighted by Gasteiger charge is -2.13. The van der Waals surface area contributed by atoms with Crippen LogP contribution in [-0.2, 0) is 0 Å². The first-order chi connectivity index (χ1) is 10.7. The van der Waals surface area contributed by atoms with E-state index in [1.54, 1.807) is 17.9 Å². The summed E-state index contributed by atoms with van der Waals surface area (Å²) in [6, 6.07) is 9.41. The summed E-state index contributed by atoms with van der Waals surface area (Å²) in [6.45, 7) is 3.04. The topological polar surface area (TPSA) is 72.4 Å². The van der Waals surface area contributed by atoms with Crippen molar-refractivity contribution in [3.8, 4) is 0 Å². The number of hydrogen-bond acceptors (Lipinski definition) is 5. The van der Waals surface area contributed by atoms with Crippen LogP contribution in [0.25, 0.3) is 11.0 Å². The third-order valence-electron chi connectivity index (χ3n) is 4.00. The van der Waals surface area contributed by atoms with Crippen LogP contribution in [0, 0.1) is 6.92 Å². The number of aromatic nitrogens is 2. The van der Waals surface area contributed by atoms with Crippen molar-refractivity contribution >= 4 is 16.9 Å². The first-order valence-corrected chi connectivity index (χ1v) is 7.29. The van der Waals surface area contributed by atoms with Gasteiger partial charge in [-0.1, -0.05) is 23.4 Å². The minimum Gasteiger partial charge on any atom is -0.451 e. The Morgan fingerprint density at radius 3 is 3.00 bits per heavy atom. The molecule has 2 aromatic heterocycles. The lowest BCUT2D eigenvalue weighted by molar-refractivity contribution is 0.0760. The molecular weight excluding hydrogens is 282 g/mol. The average molecular weight is 297 g/mol. The SMILES string of the molecule is Cc1noc(C2CCN(C(=O)c3cc4ccccc4o3)C2)n1. The highest BCUT2D eigenvalue weighted by molar-refractivity contribution is 5.96. The monoisotopic (exact) mass is 297 g/mol. The van der Waals surface area contributed by atoms with Gasteiger partial charge in [0.1, 0.15) is 5.58 Å². The zero-order valence-corrected chi connectivity index (χ0v) is 12.2. The molecule has 0 bridgehead atoms. The van der Waals surface area contributed by atoms with Gasteiger partial charge in [0.15, 0.2) is 11.6 Å². The molecule has 0 saturated carbocycles. The second-order valence-electron chi connectivity index (χ2n) is 5.57. The Bertz CT molecular complexity index is 803. The molecule has 6 nitrogen and oxygen atoms in total. The Hall–Kier alpha value is -2.63. The van der Waals surface area contributed by atoms with Crippen molar-refractivity contribution in [1.29, 1.82) is 0 Å². The summed E-state index contributed by atoms with van der Waals surface area (Å²) in [4.78, 5) is 18.6. The Kier molecular flexibility index (Phi) is 2.96. The molecule has 1 unspecified atom stereocenters. The van der Waals surface area contributed by atoms with Crippen molar-refractivity contribution in [3.05, 3.63) is 47.8 Å². The van der Waals surface area contributed by atoms with Gasteiger partial charge in [0.25, 0.3) is 5.91 Å². The molecular formula is C16H15N3O3. The summed E-state index contributed by atoms with van der Waals surface area (Å²) < 4.78 is 10.9. The van der Waals surface area contributed by atoms with Crippen molar-refractivity contribution in [2.24, 2.45) is 0 Å². The fraction of sp³-hybridized carbons (Fsp3) is 0.312. The van der Waals surface area contributed by atoms with Gasteiger partial charge in [-0.15, -0.1) is 0 Å². The van der Waals surface area contributed by atoms with Crippen molar-refractivity contribution in [2.75, 3.05) is 13.1 Å². The summed E-state index contributed by atoms with van der Waals surface area (Å²) in [7, 11) is 0. The first kappa shape index (κ1) is 13.1. The lowest BCUT2D eigenvalue weighted by atomic mass is 10.1. The van der Waals surface area contributed by atoms with Gasteiger partial charge in [0, 0.05) is 18.5 Å². The summed E-state index contributed by atoms with van der Waals surface area (Å²) in [5.41, 5.74) is 0.731. The zero-order valence-electron chi connectivity index (χ0n) is 12.2. The predicted molar refractivity (Wildman–Crippen MR) is 78.5 cm³/mol. The number of amides is 1. The number of carbonyl (C=O) groups excluding carboxylic acids is 1. The number of hydrogen-bond donors (Lipinski definition) is 0. The van der Waals surface area contributed by atoms with Crippen molar-refractivity contribution in [1.82, 2.24) is 15.0 Å². The summed E-state index contributed by atoms with van der Waals surface area (Å²) in [5.74, 6) is 1.63. The summed E-state index contributed by atoms with van der Waals surface area (Å²) in [5, 5.41) is 4.75. The molecule has 0 spiro atoms. The zero-order chi connectivity index (χ0) is 15.1. The van der Waals surface area contributed by atoms with E-state index in [9.17, 15) is 4.79 Å². The van der Waals surface area contributed by atoms with Gasteiger partial charge < -0.3 is 13.8 Å². The van der Waals surface area contributed by atoms with Crippen LogP contribution in [0.1, 0.15) is 34.6 Å². The molecule has 1 saturated heterocycles. The highest BCUT2D eigenvalue weighted by Gasteiger charge is 2.32. The Balaban J connectivity index is 1.53. The van der Waals surface area contributed by atoms with E-state index in [1.165, 1.54) is 0 Å². The van der Waals surface area contributed by atoms with E-state index in [4.69, 9.17) is 8.94 Å². The number of fused-ring (bicyclic) bond motifs is 1. The molecule has 4 rings (SSSR count). The van der Waals surface area contributed by atoms with Gasteiger partial charge >= 0.3 is 0 Å². The molecule has 1 fully saturated rings. The minimum atomic E-state index is -0.0880. The molecule has 1 amide bonds. The molecule has 3 heterocycles. The standard InChI is InChI=1S/C16H15N3O3/c1-10-17-15(22-18-10)12-6-7-19(9-12)16(20)14-8-11-4-2-3-5-13(11)21-14/h2-5,8,12H,6-7,9H2,1H3. The van der Waals surface area contributed by atoms with E-state index in [0.29, 0.717) is 30.6 Å². The predicted octanol–water partition coefficient (Wildman–Crippen LogP) is 2.75. The van der Waals surface area contributed by atoms with Crippen LogP contribution in [0.4, 0.5) is 0 Å². The Morgan fingerprint density at radius 1 is 1.36 bits per heavy atom. The van der Waals surface area contributed by atoms with Crippen LogP contribution < -0.4 is 0 Å². The minimum absolute atomic E-state index is 0.0880. The van der Waals surface area contributed by atoms with E-state index >= 15 is 0 Å². The quantitative estimate of drug-likeness (QED) is 0.727. The third kappa shape index (κ3) is 2.16. The van der Waals surface area contributed by atoms with Crippen LogP contribution >= 0.6 is 0 Å². The number of carbonyl (C=O) groups is 1. The van der Waals surface area contributed by atoms with E-state index in [0.717, 1.165) is 17.4 Å². The highest BCUT2D eigenvalue weighted by atomic mass is 16.5. The van der Waals surface area contributed by atoms with Gasteiger partial charge in [0.05, 0.1) is 5.92 Å². The number of nitrogens with zero attached hydrogens (tertiary/aromatic N) is 3. The molecule has 22 heavy (non-hydrogen) atoms. The van der Waals surface area contributed by atoms with Crippen LogP contribution in [0.15, 0.2) is 39.3 Å². The fourth-order valence-corrected chi connectivity index (χ4v) is 2.87. The molecule has 6 heteroatoms. The van der Waals surface area contributed by atoms with E-state index < -0.39 is 0 Å². The number of benzene rings is 1. The van der Waals surface area contributed by atoms with Crippen LogP contribution in [0.5, 0.6) is 0 Å². The number of furan rings is 1. The molecule has 1 aliphatic rings. The number of aryl methyl sites for hydroxylation is 1. The van der Waals surface area contributed by atoms with Crippen molar-refractivity contribution in [2.45, 2.75) is 19.3 Å². The Morgan fingerprint density at radius 2 is 2.23 bits per heavy atom. The van der Waals surface area contributed by atoms with Gasteiger partial charge in [-0.2, -0.15) is 4.98 Å². The van der Waals surface area contributed by atoms with Gasteiger partial charge in [-0.3, -0.25) is 4.79 Å². The van der Waals surface area contributed by atoms with Gasteiger partial charge in [-0.05, 0) is 25.5 Å². The molecule has 3 aromatic rings. The Labute approximate surface area is 126 Å². The normalized spacial score (nSPS) is 18.2. The maximum Gasteiger partial charge on any atom is 0.289 e. The molecule has 1 aromatic carbocycles. The number of likely N-dealkylation sites (tertiary alicyclic amines) is 1. The van der Waals surface area contributed by atoms with Crippen LogP contribution in [-0.4, -0.2) is 34.0 Å². The maximum atomic E-state index is 12.6. The van der Waals surface area contributed by atoms with E-state index in [1.807, 2.05) is 24.3 Å². The first-order valence-electron chi connectivity index (χ1n) is 7.29. The van der Waals surface area contributed by atoms with Gasteiger partial charge in [-0.25, -0.2) is 0 Å². The maximum absolute atomic E-state index is 12.6. The average Bonchev–Trinajstić information content (AvgIpc) is 3.24. The second kappa shape index (κ2) is 4.98. The van der Waals surface area contributed by atoms with Gasteiger partial charge in [0.2, 0.25) is 5.89 Å². The smallest absolute Gasteiger partial charge is 0.289 e. The molecule has 1 aliphatic heterocycles. The fourth-order valence-electron chi connectivity index (χ4n) is 2.87. The number of para-hydroxylation sites is 1. The molecule has 0 aliphatic carbocycles. The molecule has 0 N–H and O–H groups in total. The molecule has 0 radical (unpaired) electrons.